The second kappa shape index (κ2) is 8.19. The van der Waals surface area contributed by atoms with Crippen molar-refractivity contribution in [3.8, 4) is 22.6 Å². The summed E-state index contributed by atoms with van der Waals surface area (Å²) in [5, 5.41) is 9.14. The van der Waals surface area contributed by atoms with Gasteiger partial charge in [-0.1, -0.05) is 28.7 Å². The molecule has 1 N–H and O–H groups in total. The quantitative estimate of drug-likeness (QED) is 0.521. The highest BCUT2D eigenvalue weighted by molar-refractivity contribution is 14.1. The highest BCUT2D eigenvalue weighted by Crippen LogP contribution is 2.34. The van der Waals surface area contributed by atoms with Gasteiger partial charge in [0.2, 0.25) is 0 Å². The van der Waals surface area contributed by atoms with Crippen LogP contribution in [0.1, 0.15) is 22.8 Å². The summed E-state index contributed by atoms with van der Waals surface area (Å²) in [6.07, 6.45) is 0. The molecular weight excluding hydrogens is 407 g/mol. The van der Waals surface area contributed by atoms with E-state index in [2.05, 4.69) is 22.6 Å². The molecule has 5 heteroatoms. The molecule has 23 heavy (non-hydrogen) atoms. The van der Waals surface area contributed by atoms with Crippen LogP contribution < -0.4 is 9.47 Å². The molecule has 4 nitrogen and oxygen atoms in total. The summed E-state index contributed by atoms with van der Waals surface area (Å²) in [6, 6.07) is 10.9. The third kappa shape index (κ3) is 4.37. The molecule has 0 aliphatic heterocycles. The minimum absolute atomic E-state index is 0.219. The summed E-state index contributed by atoms with van der Waals surface area (Å²) in [5.74, 6) is 0.455. The summed E-state index contributed by atoms with van der Waals surface area (Å²) < 4.78 is 12.2. The molecular formula is C18H19IO4. The third-order valence-electron chi connectivity index (χ3n) is 3.36. The Kier molecular flexibility index (Phi) is 6.27. The van der Waals surface area contributed by atoms with E-state index in [1.807, 2.05) is 32.0 Å². The van der Waals surface area contributed by atoms with Crippen LogP contribution in [0.25, 0.3) is 11.1 Å². The van der Waals surface area contributed by atoms with Gasteiger partial charge in [-0.05, 0) is 55.3 Å². The molecule has 122 valence electrons. The lowest BCUT2D eigenvalue weighted by Gasteiger charge is -2.14. The Morgan fingerprint density at radius 3 is 2.48 bits per heavy atom. The minimum Gasteiger partial charge on any atom is -0.493 e. The number of rotatable bonds is 7. The fraction of sp³-hybridized carbons (Fsp3) is 0.278. The van der Waals surface area contributed by atoms with Crippen molar-refractivity contribution in [2.45, 2.75) is 13.8 Å². The van der Waals surface area contributed by atoms with Crippen LogP contribution in [0.4, 0.5) is 0 Å². The molecule has 0 fully saturated rings. The first-order valence-corrected chi connectivity index (χ1v) is 8.89. The fourth-order valence-corrected chi connectivity index (χ4v) is 2.56. The van der Waals surface area contributed by atoms with Gasteiger partial charge >= 0.3 is 5.97 Å². The van der Waals surface area contributed by atoms with Gasteiger partial charge in [-0.25, -0.2) is 4.79 Å². The van der Waals surface area contributed by atoms with Crippen molar-refractivity contribution >= 4 is 28.6 Å². The molecule has 0 heterocycles. The van der Waals surface area contributed by atoms with Crippen molar-refractivity contribution in [2.24, 2.45) is 0 Å². The van der Waals surface area contributed by atoms with E-state index in [1.165, 1.54) is 0 Å². The maximum atomic E-state index is 11.1. The topological polar surface area (TPSA) is 55.8 Å². The standard InChI is InChI=1S/C18H19IO4/c1-3-22-17-11-13(18(20)21)4-6-16(17)15-7-5-14(10-12(15)2)23-9-8-19/h4-7,10-11H,3,8-9H2,1-2H3,(H,20,21). The molecule has 0 bridgehead atoms. The van der Waals surface area contributed by atoms with E-state index >= 15 is 0 Å². The molecule has 0 saturated carbocycles. The number of carboxylic acid groups (broad SMARTS) is 1. The zero-order valence-electron chi connectivity index (χ0n) is 13.1. The van der Waals surface area contributed by atoms with Crippen LogP contribution in [0.3, 0.4) is 0 Å². The van der Waals surface area contributed by atoms with Gasteiger partial charge in [-0.3, -0.25) is 0 Å². The number of aromatic carboxylic acids is 1. The van der Waals surface area contributed by atoms with E-state index in [0.717, 1.165) is 26.9 Å². The lowest BCUT2D eigenvalue weighted by molar-refractivity contribution is 0.0696. The second-order valence-electron chi connectivity index (χ2n) is 4.96. The van der Waals surface area contributed by atoms with E-state index in [9.17, 15) is 4.79 Å². The van der Waals surface area contributed by atoms with Crippen LogP contribution in [-0.2, 0) is 0 Å². The molecule has 0 aliphatic carbocycles. The van der Waals surface area contributed by atoms with Crippen molar-refractivity contribution < 1.29 is 19.4 Å². The first-order valence-electron chi connectivity index (χ1n) is 7.36. The Labute approximate surface area is 149 Å². The third-order valence-corrected chi connectivity index (χ3v) is 3.80. The van der Waals surface area contributed by atoms with E-state index in [-0.39, 0.29) is 5.56 Å². The van der Waals surface area contributed by atoms with Gasteiger partial charge in [0.05, 0.1) is 18.8 Å². The number of ether oxygens (including phenoxy) is 2. The monoisotopic (exact) mass is 426 g/mol. The van der Waals surface area contributed by atoms with Crippen molar-refractivity contribution in [3.63, 3.8) is 0 Å². The normalized spacial score (nSPS) is 10.4. The molecule has 0 saturated heterocycles. The molecule has 0 radical (unpaired) electrons. The van der Waals surface area contributed by atoms with E-state index in [0.29, 0.717) is 19.0 Å². The maximum absolute atomic E-state index is 11.1. The average Bonchev–Trinajstić information content (AvgIpc) is 2.53. The van der Waals surface area contributed by atoms with Gasteiger partial charge in [-0.15, -0.1) is 0 Å². The van der Waals surface area contributed by atoms with Crippen LogP contribution in [0.5, 0.6) is 11.5 Å². The number of hydrogen-bond acceptors (Lipinski definition) is 3. The number of aryl methyl sites for hydroxylation is 1. The second-order valence-corrected chi connectivity index (χ2v) is 6.04. The molecule has 0 atom stereocenters. The number of alkyl halides is 1. The fourth-order valence-electron chi connectivity index (χ4n) is 2.34. The molecule has 0 spiro atoms. The molecule has 2 aromatic rings. The molecule has 0 amide bonds. The molecule has 2 aromatic carbocycles. The zero-order chi connectivity index (χ0) is 16.8. The smallest absolute Gasteiger partial charge is 0.335 e. The summed E-state index contributed by atoms with van der Waals surface area (Å²) in [5.41, 5.74) is 3.17. The van der Waals surface area contributed by atoms with Gasteiger partial charge in [0.15, 0.2) is 0 Å². The predicted octanol–water partition coefficient (Wildman–Crippen LogP) is 4.57. The van der Waals surface area contributed by atoms with Crippen LogP contribution in [0, 0.1) is 6.92 Å². The summed E-state index contributed by atoms with van der Waals surface area (Å²) in [6.45, 7) is 5.04. The number of carbonyl (C=O) groups is 1. The molecule has 0 aromatic heterocycles. The first-order chi connectivity index (χ1) is 11.1. The van der Waals surface area contributed by atoms with Crippen molar-refractivity contribution in [1.82, 2.24) is 0 Å². The van der Waals surface area contributed by atoms with Crippen molar-refractivity contribution in [3.05, 3.63) is 47.5 Å². The summed E-state index contributed by atoms with van der Waals surface area (Å²) in [4.78, 5) is 11.1. The van der Waals surface area contributed by atoms with Gasteiger partial charge < -0.3 is 14.6 Å². The Morgan fingerprint density at radius 2 is 1.87 bits per heavy atom. The summed E-state index contributed by atoms with van der Waals surface area (Å²) >= 11 is 2.27. The first kappa shape index (κ1) is 17.6. The number of benzene rings is 2. The van der Waals surface area contributed by atoms with Crippen molar-refractivity contribution in [2.75, 3.05) is 17.6 Å². The van der Waals surface area contributed by atoms with Gasteiger partial charge in [0.1, 0.15) is 11.5 Å². The lowest BCUT2D eigenvalue weighted by Crippen LogP contribution is -2.01. The predicted molar refractivity (Wildman–Crippen MR) is 99.1 cm³/mol. The Bertz CT molecular complexity index is 697. The molecule has 0 unspecified atom stereocenters. The van der Waals surface area contributed by atoms with Crippen LogP contribution in [-0.4, -0.2) is 28.7 Å². The zero-order valence-corrected chi connectivity index (χ0v) is 15.3. The lowest BCUT2D eigenvalue weighted by atomic mass is 9.98. The summed E-state index contributed by atoms with van der Waals surface area (Å²) in [7, 11) is 0. The van der Waals surface area contributed by atoms with Crippen molar-refractivity contribution in [1.29, 1.82) is 0 Å². The van der Waals surface area contributed by atoms with Crippen LogP contribution in [0.15, 0.2) is 36.4 Å². The highest BCUT2D eigenvalue weighted by atomic mass is 127. The van der Waals surface area contributed by atoms with Gasteiger partial charge in [-0.2, -0.15) is 0 Å². The Balaban J connectivity index is 2.42. The van der Waals surface area contributed by atoms with E-state index in [1.54, 1.807) is 18.2 Å². The largest absolute Gasteiger partial charge is 0.493 e. The number of halogens is 1. The SMILES string of the molecule is CCOc1cc(C(=O)O)ccc1-c1ccc(OCCI)cc1C. The average molecular weight is 426 g/mol. The Hall–Kier alpha value is -1.76. The minimum atomic E-state index is -0.961. The Morgan fingerprint density at radius 1 is 1.13 bits per heavy atom. The van der Waals surface area contributed by atoms with Gasteiger partial charge in [0.25, 0.3) is 0 Å². The molecule has 2 rings (SSSR count). The number of carboxylic acids is 1. The van der Waals surface area contributed by atoms with Crippen LogP contribution >= 0.6 is 22.6 Å². The highest BCUT2D eigenvalue weighted by Gasteiger charge is 2.13. The van der Waals surface area contributed by atoms with Gasteiger partial charge in [0, 0.05) is 9.99 Å². The van der Waals surface area contributed by atoms with E-state index < -0.39 is 5.97 Å². The van der Waals surface area contributed by atoms with E-state index in [4.69, 9.17) is 14.6 Å². The van der Waals surface area contributed by atoms with Crippen LogP contribution in [0.2, 0.25) is 0 Å². The molecule has 0 aliphatic rings. The maximum Gasteiger partial charge on any atom is 0.335 e. The number of hydrogen-bond donors (Lipinski definition) is 1.